The second-order valence-corrected chi connectivity index (χ2v) is 0.913. The van der Waals surface area contributed by atoms with Crippen molar-refractivity contribution in [3.8, 4) is 0 Å². The molecule has 31 heteroatoms. The molecule has 25 nitrogen and oxygen atoms in total. The molecule has 0 aromatic rings. The molecule has 0 aromatic carbocycles. The van der Waals surface area contributed by atoms with Gasteiger partial charge in [-0.05, 0) is 0 Å². The SMILES string of the molecule is O=[C-]O.O=[C-]O.O=[C-]O.O=[C-]O.O=[C-]O.O=[C-]O.O=[C-]O.O=[C-]O.O=[C-]O.O=[C-]O.[Al+3].[Al+3].[Al+3].[Ca+2].[Ca+2].[Ca+2].[OH-].[OH-].[OH-].[OH-].[OH-]. The first-order valence-electron chi connectivity index (χ1n) is 4.28. The van der Waals surface area contributed by atoms with Gasteiger partial charge in [0.1, 0.15) is 0 Å². The van der Waals surface area contributed by atoms with Crippen LogP contribution in [0.3, 0.4) is 0 Å². The van der Waals surface area contributed by atoms with Gasteiger partial charge in [-0.25, -0.2) is 0 Å². The van der Waals surface area contributed by atoms with Crippen LogP contribution in [0.4, 0.5) is 0 Å². The summed E-state index contributed by atoms with van der Waals surface area (Å²) in [6, 6.07) is 0. The van der Waals surface area contributed by atoms with E-state index in [2.05, 4.69) is 0 Å². The molecule has 0 unspecified atom stereocenters. The van der Waals surface area contributed by atoms with E-state index in [0.717, 1.165) is 0 Å². The minimum absolute atomic E-state index is 0. The molecule has 0 saturated carbocycles. The third-order valence-electron chi connectivity index (χ3n) is 0. The van der Waals surface area contributed by atoms with Crippen LogP contribution in [-0.2, 0) is 47.9 Å². The zero-order chi connectivity index (χ0) is 27.1. The molecule has 41 heavy (non-hydrogen) atoms. The molecule has 0 aliphatic rings. The van der Waals surface area contributed by atoms with Crippen LogP contribution in [-0.4, -0.2) is 308 Å². The molecule has 0 bridgehead atoms. The normalized spacial score (nSPS) is 2.93. The van der Waals surface area contributed by atoms with Crippen molar-refractivity contribution in [2.75, 3.05) is 0 Å². The first-order chi connectivity index (χ1) is 14.1. The second-order valence-electron chi connectivity index (χ2n) is 0.913. The van der Waals surface area contributed by atoms with E-state index in [1.807, 2.05) is 0 Å². The van der Waals surface area contributed by atoms with E-state index in [9.17, 15) is 0 Å². The molecule has 0 rings (SSSR count). The van der Waals surface area contributed by atoms with Gasteiger partial charge in [0, 0.05) is 0 Å². The Morgan fingerprint density at radius 2 is 0.220 bits per heavy atom. The van der Waals surface area contributed by atoms with Crippen LogP contribution >= 0.6 is 0 Å². The van der Waals surface area contributed by atoms with E-state index in [1.54, 1.807) is 0 Å². The van der Waals surface area contributed by atoms with E-state index in [0.29, 0.717) is 64.7 Å². The Bertz CT molecular complexity index is 236. The predicted molar refractivity (Wildman–Crippen MR) is 127 cm³/mol. The van der Waals surface area contributed by atoms with Crippen LogP contribution in [0.5, 0.6) is 0 Å². The maximum atomic E-state index is 8.24. The molecule has 0 aliphatic carbocycles. The Morgan fingerprint density at radius 3 is 0.220 bits per heavy atom. The Morgan fingerprint density at radius 1 is 0.220 bits per heavy atom. The molecule has 0 spiro atoms. The molecule has 0 atom stereocenters. The van der Waals surface area contributed by atoms with Crippen molar-refractivity contribution in [1.82, 2.24) is 0 Å². The first kappa shape index (κ1) is 165. The fourth-order valence-electron chi connectivity index (χ4n) is 0. The van der Waals surface area contributed by atoms with Crippen molar-refractivity contribution in [2.24, 2.45) is 0 Å². The molecule has 15 N–H and O–H groups in total. The fraction of sp³-hybridized carbons (Fsp3) is 0. The average molecular weight is 736 g/mol. The van der Waals surface area contributed by atoms with Crippen molar-refractivity contribution in [3.63, 3.8) is 0 Å². The smallest absolute Gasteiger partial charge is 0.870 e. The summed E-state index contributed by atoms with van der Waals surface area (Å²) in [6.07, 6.45) is 0. The quantitative estimate of drug-likeness (QED) is 0.0815. The van der Waals surface area contributed by atoms with Gasteiger partial charge < -0.3 is 126 Å². The summed E-state index contributed by atoms with van der Waals surface area (Å²) in [6.45, 7) is 5.00. The zero-order valence-corrected chi connectivity index (χ0v) is 29.7. The summed E-state index contributed by atoms with van der Waals surface area (Å²) in [5, 5.41) is 67.6. The predicted octanol–water partition coefficient (Wildman–Crippen LogP) is -7.05. The van der Waals surface area contributed by atoms with Crippen LogP contribution in [0.25, 0.3) is 0 Å². The Balaban J connectivity index is -0.00000000554. The van der Waals surface area contributed by atoms with Gasteiger partial charge in [0.25, 0.3) is 0 Å². The molecule has 0 heterocycles. The van der Waals surface area contributed by atoms with Gasteiger partial charge in [0.15, 0.2) is 0 Å². The van der Waals surface area contributed by atoms with Crippen molar-refractivity contribution >= 4 is 230 Å². The molecule has 0 aliphatic heterocycles. The Hall–Kier alpha value is -0.123. The summed E-state index contributed by atoms with van der Waals surface area (Å²) < 4.78 is 0. The topological polar surface area (TPSA) is 523 Å². The Kier molecular flexibility index (Phi) is 2480. The monoisotopic (exact) mass is 736 g/mol. The number of rotatable bonds is 0. The molecule has 0 amide bonds. The number of hydrogen-bond donors (Lipinski definition) is 10. The largest absolute Gasteiger partial charge is 3.00 e. The Labute approximate surface area is 351 Å². The van der Waals surface area contributed by atoms with Crippen molar-refractivity contribution in [2.45, 2.75) is 0 Å². The maximum absolute atomic E-state index is 8.24. The second kappa shape index (κ2) is 618. The standard InChI is InChI=1S/10CHO2.3Al.3Ca.5H2O/c10*2-1-3;;;;;;;;;;;/h10*(H,2,3);;;;;;;5*1H2/q10*-1;3*+3;3*+2;;;;;/p-5. The zero-order valence-electron chi connectivity index (χ0n) is 19.6. The van der Waals surface area contributed by atoms with Crippen molar-refractivity contribution in [1.29, 1.82) is 0 Å². The average Bonchev–Trinajstić information content (AvgIpc) is 2.61. The van der Waals surface area contributed by atoms with Crippen molar-refractivity contribution < 1.29 is 126 Å². The third-order valence-corrected chi connectivity index (χ3v) is 0. The molecular formula is C10H15Al3Ca3O25. The summed E-state index contributed by atoms with van der Waals surface area (Å²) >= 11 is 0. The van der Waals surface area contributed by atoms with Crippen LogP contribution in [0, 0.1) is 0 Å². The van der Waals surface area contributed by atoms with Gasteiger partial charge in [-0.15, -0.1) is 0 Å². The number of aliphatic hydroxyl groups excluding tert-OH is 10. The van der Waals surface area contributed by atoms with Crippen molar-refractivity contribution in [3.05, 3.63) is 0 Å². The molecular weight excluding hydrogens is 721 g/mol. The molecule has 0 radical (unpaired) electrons. The van der Waals surface area contributed by atoms with Gasteiger partial charge in [-0.1, -0.05) is 64.7 Å². The number of hydrogen-bond acceptors (Lipinski definition) is 15. The summed E-state index contributed by atoms with van der Waals surface area (Å²) in [5.41, 5.74) is 0. The van der Waals surface area contributed by atoms with E-state index < -0.39 is 0 Å². The minimum Gasteiger partial charge on any atom is -0.870 e. The summed E-state index contributed by atoms with van der Waals surface area (Å²) in [7, 11) is 0. The minimum atomic E-state index is 0. The molecule has 0 saturated heterocycles. The molecule has 0 aromatic heterocycles. The van der Waals surface area contributed by atoms with Gasteiger partial charge in [0.05, 0.1) is 0 Å². The van der Waals surface area contributed by atoms with Crippen LogP contribution in [0.2, 0.25) is 0 Å². The van der Waals surface area contributed by atoms with E-state index in [1.165, 1.54) is 0 Å². The summed E-state index contributed by atoms with van der Waals surface area (Å²) in [5.74, 6) is 0. The van der Waals surface area contributed by atoms with Gasteiger partial charge >= 0.3 is 165 Å². The fourth-order valence-corrected chi connectivity index (χ4v) is 0. The van der Waals surface area contributed by atoms with E-state index >= 15 is 0 Å². The van der Waals surface area contributed by atoms with Gasteiger partial charge in [-0.3, -0.25) is 0 Å². The first-order valence-corrected chi connectivity index (χ1v) is 4.28. The molecule has 220 valence electrons. The maximum Gasteiger partial charge on any atom is 3.00 e. The van der Waals surface area contributed by atoms with E-state index in [4.69, 9.17) is 99.0 Å². The van der Waals surface area contributed by atoms with Crippen LogP contribution < -0.4 is 0 Å². The van der Waals surface area contributed by atoms with Crippen LogP contribution in [0.1, 0.15) is 0 Å². The van der Waals surface area contributed by atoms with Gasteiger partial charge in [0.2, 0.25) is 0 Å². The summed E-state index contributed by atoms with van der Waals surface area (Å²) in [4.78, 5) is 82.4. The third kappa shape index (κ3) is 3760000. The van der Waals surface area contributed by atoms with E-state index in [-0.39, 0.29) is 193 Å². The van der Waals surface area contributed by atoms with Crippen LogP contribution in [0.15, 0.2) is 0 Å². The molecule has 0 fully saturated rings. The van der Waals surface area contributed by atoms with Gasteiger partial charge in [-0.2, -0.15) is 0 Å².